The number of nitrogens with two attached hydrogens (primary N) is 3. The number of aromatic amines is 1. The highest BCUT2D eigenvalue weighted by atomic mass is 32.2. The van der Waals surface area contributed by atoms with E-state index in [9.17, 15) is 14.4 Å². The Morgan fingerprint density at radius 1 is 1.41 bits per heavy atom. The number of imidazole rings is 1. The van der Waals surface area contributed by atoms with Gasteiger partial charge < -0.3 is 27.5 Å². The van der Waals surface area contributed by atoms with Crippen LogP contribution in [0.1, 0.15) is 12.1 Å². The third-order valence-electron chi connectivity index (χ3n) is 2.74. The largest absolute Gasteiger partial charge is 0.368 e. The number of amides is 2. The molecule has 0 saturated heterocycles. The molecule has 1 aromatic rings. The molecule has 0 bridgehead atoms. The lowest BCUT2D eigenvalue weighted by Gasteiger charge is -2.17. The molecule has 1 rings (SSSR count). The maximum Gasteiger partial charge on any atom is 0.235 e. The second-order valence-corrected chi connectivity index (χ2v) is 5.60. The van der Waals surface area contributed by atoms with E-state index in [0.29, 0.717) is 5.69 Å². The summed E-state index contributed by atoms with van der Waals surface area (Å²) in [5.74, 6) is -0.946. The number of carbonyl (C=O) groups is 3. The molecular weight excluding hydrogens is 308 g/mol. The van der Waals surface area contributed by atoms with Crippen LogP contribution in [0.15, 0.2) is 12.5 Å². The minimum atomic E-state index is -0.915. The highest BCUT2D eigenvalue weighted by molar-refractivity contribution is 8.13. The molecule has 2 atom stereocenters. The van der Waals surface area contributed by atoms with Gasteiger partial charge in [0.2, 0.25) is 16.9 Å². The maximum atomic E-state index is 12.2. The third kappa shape index (κ3) is 6.24. The summed E-state index contributed by atoms with van der Waals surface area (Å²) in [5, 5.41) is 2.31. The van der Waals surface area contributed by atoms with Crippen molar-refractivity contribution in [1.82, 2.24) is 15.3 Å². The van der Waals surface area contributed by atoms with Gasteiger partial charge in [-0.05, 0) is 0 Å². The summed E-state index contributed by atoms with van der Waals surface area (Å²) in [6, 6.07) is -1.67. The van der Waals surface area contributed by atoms with E-state index in [1.165, 1.54) is 6.33 Å². The molecule has 10 heteroatoms. The van der Waals surface area contributed by atoms with E-state index in [1.807, 2.05) is 0 Å². The smallest absolute Gasteiger partial charge is 0.235 e. The van der Waals surface area contributed by atoms with Crippen LogP contribution in [0.5, 0.6) is 0 Å². The fourth-order valence-electron chi connectivity index (χ4n) is 1.56. The van der Waals surface area contributed by atoms with Crippen molar-refractivity contribution in [3.8, 4) is 0 Å². The fourth-order valence-corrected chi connectivity index (χ4v) is 2.41. The average molecular weight is 328 g/mol. The molecule has 22 heavy (non-hydrogen) atoms. The number of aromatic nitrogens is 2. The summed E-state index contributed by atoms with van der Waals surface area (Å²) in [5.41, 5.74) is 16.5. The van der Waals surface area contributed by atoms with Gasteiger partial charge in [-0.1, -0.05) is 11.8 Å². The lowest BCUT2D eigenvalue weighted by atomic mass is 10.2. The second kappa shape index (κ2) is 9.18. The Balaban J connectivity index is 2.64. The van der Waals surface area contributed by atoms with Crippen LogP contribution in [0, 0.1) is 0 Å². The standard InChI is InChI=1S/C12H20N6O3S/c13-2-1-10(19)18-9(3-7-4-16-6-17-7)12(21)22-5-8(14)11(15)20/h4,6,8-9H,1-3,5,13-14H2,(H2,15,20)(H,16,17)(H,18,19)/t8?,9-/m0/s1. The quantitative estimate of drug-likeness (QED) is 0.344. The van der Waals surface area contributed by atoms with E-state index in [1.54, 1.807) is 6.20 Å². The van der Waals surface area contributed by atoms with Crippen LogP contribution in [0.3, 0.4) is 0 Å². The normalized spacial score (nSPS) is 13.4. The topological polar surface area (TPSA) is 170 Å². The average Bonchev–Trinajstić information content (AvgIpc) is 2.96. The van der Waals surface area contributed by atoms with Gasteiger partial charge in [0.15, 0.2) is 0 Å². The van der Waals surface area contributed by atoms with Gasteiger partial charge in [0.1, 0.15) is 6.04 Å². The number of rotatable bonds is 9. The Kier molecular flexibility index (Phi) is 7.57. The molecule has 0 aliphatic carbocycles. The summed E-state index contributed by atoms with van der Waals surface area (Å²) in [7, 11) is 0. The third-order valence-corrected chi connectivity index (χ3v) is 3.84. The molecule has 1 unspecified atom stereocenters. The van der Waals surface area contributed by atoms with Crippen LogP contribution in [0.25, 0.3) is 0 Å². The minimum absolute atomic E-state index is 0.0560. The highest BCUT2D eigenvalue weighted by Gasteiger charge is 2.23. The maximum absolute atomic E-state index is 12.2. The summed E-state index contributed by atoms with van der Waals surface area (Å²) >= 11 is 0.858. The molecule has 0 radical (unpaired) electrons. The monoisotopic (exact) mass is 328 g/mol. The Morgan fingerprint density at radius 2 is 2.14 bits per heavy atom. The summed E-state index contributed by atoms with van der Waals surface area (Å²) in [4.78, 5) is 41.5. The Morgan fingerprint density at radius 3 is 2.68 bits per heavy atom. The Hall–Kier alpha value is -1.91. The van der Waals surface area contributed by atoms with Crippen molar-refractivity contribution in [3.05, 3.63) is 18.2 Å². The van der Waals surface area contributed by atoms with Crippen LogP contribution < -0.4 is 22.5 Å². The first-order valence-corrected chi connectivity index (χ1v) is 7.60. The number of primary amides is 1. The van der Waals surface area contributed by atoms with Gasteiger partial charge in [0.25, 0.3) is 0 Å². The summed E-state index contributed by atoms with van der Waals surface area (Å²) in [6.07, 6.45) is 3.43. The van der Waals surface area contributed by atoms with E-state index in [0.717, 1.165) is 11.8 Å². The van der Waals surface area contributed by atoms with E-state index < -0.39 is 18.0 Å². The van der Waals surface area contributed by atoms with Crippen molar-refractivity contribution >= 4 is 28.7 Å². The van der Waals surface area contributed by atoms with Crippen LogP contribution >= 0.6 is 11.8 Å². The van der Waals surface area contributed by atoms with Crippen LogP contribution in [-0.2, 0) is 20.8 Å². The first-order valence-electron chi connectivity index (χ1n) is 6.62. The van der Waals surface area contributed by atoms with Gasteiger partial charge in [-0.15, -0.1) is 0 Å². The molecule has 0 fully saturated rings. The number of nitrogens with zero attached hydrogens (tertiary/aromatic N) is 1. The van der Waals surface area contributed by atoms with E-state index in [-0.39, 0.29) is 36.2 Å². The van der Waals surface area contributed by atoms with E-state index in [4.69, 9.17) is 17.2 Å². The van der Waals surface area contributed by atoms with Crippen LogP contribution in [-0.4, -0.2) is 51.3 Å². The Labute approximate surface area is 131 Å². The van der Waals surface area contributed by atoms with Crippen LogP contribution in [0.2, 0.25) is 0 Å². The van der Waals surface area contributed by atoms with Gasteiger partial charge in [-0.2, -0.15) is 0 Å². The number of thioether (sulfide) groups is 1. The molecule has 0 aliphatic rings. The molecule has 122 valence electrons. The SMILES string of the molecule is NCCC(=O)N[C@@H](Cc1cnc[nH]1)C(=O)SCC(N)C(N)=O. The number of hydrogen-bond acceptors (Lipinski definition) is 7. The molecule has 8 N–H and O–H groups in total. The first kappa shape index (κ1) is 18.1. The number of H-pyrrole nitrogens is 1. The number of hydrogen-bond donors (Lipinski definition) is 5. The van der Waals surface area contributed by atoms with Gasteiger partial charge in [0, 0.05) is 37.0 Å². The predicted molar refractivity (Wildman–Crippen MR) is 82.5 cm³/mol. The molecular formula is C12H20N6O3S. The summed E-state index contributed by atoms with van der Waals surface area (Å²) < 4.78 is 0. The molecule has 2 amide bonds. The lowest BCUT2D eigenvalue weighted by molar-refractivity contribution is -0.124. The second-order valence-electron chi connectivity index (χ2n) is 4.58. The number of nitrogens with one attached hydrogen (secondary N) is 2. The van der Waals surface area contributed by atoms with Crippen molar-refractivity contribution in [3.63, 3.8) is 0 Å². The van der Waals surface area contributed by atoms with E-state index >= 15 is 0 Å². The minimum Gasteiger partial charge on any atom is -0.368 e. The molecule has 1 heterocycles. The lowest BCUT2D eigenvalue weighted by Crippen LogP contribution is -2.43. The fraction of sp³-hybridized carbons (Fsp3) is 0.500. The van der Waals surface area contributed by atoms with Crippen molar-refractivity contribution in [1.29, 1.82) is 0 Å². The van der Waals surface area contributed by atoms with E-state index in [2.05, 4.69) is 15.3 Å². The highest BCUT2D eigenvalue weighted by Crippen LogP contribution is 2.11. The van der Waals surface area contributed by atoms with Crippen LogP contribution in [0.4, 0.5) is 0 Å². The number of carbonyl (C=O) groups excluding carboxylic acids is 3. The molecule has 0 aromatic carbocycles. The zero-order valence-corrected chi connectivity index (χ0v) is 12.8. The first-order chi connectivity index (χ1) is 10.4. The zero-order chi connectivity index (χ0) is 16.5. The molecule has 9 nitrogen and oxygen atoms in total. The van der Waals surface area contributed by atoms with Gasteiger partial charge in [0.05, 0.1) is 12.4 Å². The van der Waals surface area contributed by atoms with Crippen molar-refractivity contribution in [2.45, 2.75) is 24.9 Å². The van der Waals surface area contributed by atoms with Gasteiger partial charge in [-0.25, -0.2) is 4.98 Å². The summed E-state index contributed by atoms with van der Waals surface area (Å²) in [6.45, 7) is 0.191. The van der Waals surface area contributed by atoms with Crippen molar-refractivity contribution in [2.75, 3.05) is 12.3 Å². The van der Waals surface area contributed by atoms with Crippen molar-refractivity contribution < 1.29 is 14.4 Å². The molecule has 0 saturated carbocycles. The molecule has 1 aromatic heterocycles. The zero-order valence-electron chi connectivity index (χ0n) is 12.0. The Bertz CT molecular complexity index is 507. The molecule has 0 spiro atoms. The van der Waals surface area contributed by atoms with Gasteiger partial charge >= 0.3 is 0 Å². The predicted octanol–water partition coefficient (Wildman–Crippen LogP) is -2.14. The molecule has 0 aliphatic heterocycles. The van der Waals surface area contributed by atoms with Gasteiger partial charge in [-0.3, -0.25) is 14.4 Å². The van der Waals surface area contributed by atoms with Crippen molar-refractivity contribution in [2.24, 2.45) is 17.2 Å².